The van der Waals surface area contributed by atoms with Gasteiger partial charge < -0.3 is 0 Å². The van der Waals surface area contributed by atoms with E-state index in [-0.39, 0.29) is 15.8 Å². The molecule has 0 aliphatic heterocycles. The maximum atomic E-state index is 13.3. The first-order chi connectivity index (χ1) is 7.71. The number of hydrogen-bond donors (Lipinski definition) is 1. The molecule has 5 heteroatoms. The highest BCUT2D eigenvalue weighted by Crippen LogP contribution is 2.21. The molecule has 1 aromatic carbocycles. The molecule has 1 unspecified atom stereocenters. The molecule has 0 radical (unpaired) electrons. The van der Waals surface area contributed by atoms with Crippen molar-refractivity contribution in [3.05, 3.63) is 34.6 Å². The van der Waals surface area contributed by atoms with E-state index in [4.69, 9.17) is 11.6 Å². The Hall–Kier alpha value is -0.450. The molecule has 0 fully saturated rings. The van der Waals surface area contributed by atoms with Crippen LogP contribution in [0.5, 0.6) is 0 Å². The molecule has 0 amide bonds. The van der Waals surface area contributed by atoms with E-state index in [0.717, 1.165) is 5.56 Å². The highest BCUT2D eigenvalue weighted by atomic mass is 35.5. The number of rotatable bonds is 3. The maximum Gasteiger partial charge on any atom is 0.142 e. The van der Waals surface area contributed by atoms with Crippen molar-refractivity contribution in [1.29, 1.82) is 0 Å². The highest BCUT2D eigenvalue weighted by Gasteiger charge is 2.21. The smallest absolute Gasteiger partial charge is 0.142 e. The van der Waals surface area contributed by atoms with Crippen molar-refractivity contribution in [2.24, 2.45) is 0 Å². The minimum atomic E-state index is -1.19. The van der Waals surface area contributed by atoms with E-state index in [0.29, 0.717) is 0 Å². The Bertz CT molecular complexity index is 431. The van der Waals surface area contributed by atoms with Crippen LogP contribution in [0.15, 0.2) is 18.2 Å². The van der Waals surface area contributed by atoms with Gasteiger partial charge in [0.1, 0.15) is 5.82 Å². The van der Waals surface area contributed by atoms with Crippen molar-refractivity contribution in [3.8, 4) is 0 Å². The van der Waals surface area contributed by atoms with Gasteiger partial charge in [-0.05, 0) is 45.4 Å². The van der Waals surface area contributed by atoms with Crippen molar-refractivity contribution < 1.29 is 8.60 Å². The Morgan fingerprint density at radius 2 is 2.00 bits per heavy atom. The van der Waals surface area contributed by atoms with Crippen LogP contribution in [0.25, 0.3) is 0 Å². The largest absolute Gasteiger partial charge is 0.242 e. The lowest BCUT2D eigenvalue weighted by Gasteiger charge is -2.22. The lowest BCUT2D eigenvalue weighted by atomic mass is 10.1. The van der Waals surface area contributed by atoms with Gasteiger partial charge in [-0.1, -0.05) is 17.7 Å². The summed E-state index contributed by atoms with van der Waals surface area (Å²) in [6.45, 7) is 7.48. The minimum absolute atomic E-state index is 0.0953. The fourth-order valence-electron chi connectivity index (χ4n) is 1.19. The van der Waals surface area contributed by atoms with Crippen LogP contribution >= 0.6 is 11.6 Å². The van der Waals surface area contributed by atoms with E-state index in [9.17, 15) is 8.60 Å². The predicted molar refractivity (Wildman–Crippen MR) is 70.9 cm³/mol. The summed E-state index contributed by atoms with van der Waals surface area (Å²) in [7, 11) is -1.19. The number of nitrogens with one attached hydrogen (secondary N) is 1. The molecule has 0 saturated carbocycles. The van der Waals surface area contributed by atoms with Crippen LogP contribution in [0.1, 0.15) is 39.3 Å². The van der Waals surface area contributed by atoms with Crippen molar-refractivity contribution >= 4 is 22.6 Å². The Morgan fingerprint density at radius 1 is 1.41 bits per heavy atom. The van der Waals surface area contributed by atoms with Gasteiger partial charge in [-0.2, -0.15) is 0 Å². The average molecular weight is 278 g/mol. The molecule has 17 heavy (non-hydrogen) atoms. The van der Waals surface area contributed by atoms with Crippen LogP contribution in [0.2, 0.25) is 5.02 Å². The van der Waals surface area contributed by atoms with Gasteiger partial charge in [0.25, 0.3) is 0 Å². The maximum absolute atomic E-state index is 13.3. The zero-order chi connectivity index (χ0) is 13.2. The zero-order valence-corrected chi connectivity index (χ0v) is 12.0. The van der Waals surface area contributed by atoms with Gasteiger partial charge >= 0.3 is 0 Å². The van der Waals surface area contributed by atoms with Crippen LogP contribution in [-0.2, 0) is 11.0 Å². The summed E-state index contributed by atoms with van der Waals surface area (Å²) >= 11 is 5.61. The summed E-state index contributed by atoms with van der Waals surface area (Å²) in [5, 5.41) is 0.0953. The van der Waals surface area contributed by atoms with Crippen molar-refractivity contribution in [3.63, 3.8) is 0 Å². The third-order valence-corrected chi connectivity index (χ3v) is 4.27. The van der Waals surface area contributed by atoms with Gasteiger partial charge in [-0.3, -0.25) is 0 Å². The molecule has 0 saturated heterocycles. The molecule has 0 aliphatic rings. The summed E-state index contributed by atoms with van der Waals surface area (Å²) in [4.78, 5) is 0. The average Bonchev–Trinajstić information content (AvgIpc) is 2.20. The van der Waals surface area contributed by atoms with E-state index in [1.807, 2.05) is 27.7 Å². The van der Waals surface area contributed by atoms with E-state index in [1.165, 1.54) is 12.1 Å². The topological polar surface area (TPSA) is 29.1 Å². The molecule has 1 rings (SSSR count). The molecule has 2 atom stereocenters. The molecule has 1 N–H and O–H groups in total. The quantitative estimate of drug-likeness (QED) is 0.899. The Kier molecular flexibility index (Phi) is 4.69. The first-order valence-electron chi connectivity index (χ1n) is 5.35. The Labute approximate surface area is 109 Å². The van der Waals surface area contributed by atoms with Gasteiger partial charge in [0.15, 0.2) is 0 Å². The van der Waals surface area contributed by atoms with Crippen molar-refractivity contribution in [2.75, 3.05) is 0 Å². The summed E-state index contributed by atoms with van der Waals surface area (Å²) in [6, 6.07) is 4.40. The van der Waals surface area contributed by atoms with Crippen LogP contribution in [0.3, 0.4) is 0 Å². The molecule has 2 nitrogen and oxygen atoms in total. The molecule has 1 aromatic rings. The lowest BCUT2D eigenvalue weighted by molar-refractivity contribution is 0.605. The van der Waals surface area contributed by atoms with Crippen molar-refractivity contribution in [2.45, 2.75) is 38.5 Å². The fourth-order valence-corrected chi connectivity index (χ4v) is 2.12. The molecule has 0 bridgehead atoms. The second kappa shape index (κ2) is 5.46. The van der Waals surface area contributed by atoms with E-state index < -0.39 is 16.8 Å². The Morgan fingerprint density at radius 3 is 2.47 bits per heavy atom. The second-order valence-corrected chi connectivity index (χ2v) is 7.30. The summed E-state index contributed by atoms with van der Waals surface area (Å²) in [5.41, 5.74) is 0.726. The van der Waals surface area contributed by atoms with Crippen LogP contribution in [0.4, 0.5) is 4.39 Å². The molecule has 96 valence electrons. The first kappa shape index (κ1) is 14.6. The van der Waals surface area contributed by atoms with Crippen LogP contribution in [0, 0.1) is 5.82 Å². The number of benzene rings is 1. The fraction of sp³-hybridized carbons (Fsp3) is 0.500. The summed E-state index contributed by atoms with van der Waals surface area (Å²) < 4.78 is 27.8. The molecule has 0 aromatic heterocycles. The van der Waals surface area contributed by atoms with Crippen molar-refractivity contribution in [1.82, 2.24) is 4.72 Å². The predicted octanol–water partition coefficient (Wildman–Crippen LogP) is 3.59. The summed E-state index contributed by atoms with van der Waals surface area (Å²) in [5.74, 6) is -0.459. The van der Waals surface area contributed by atoms with Gasteiger partial charge in [0, 0.05) is 6.04 Å². The van der Waals surface area contributed by atoms with Crippen LogP contribution < -0.4 is 4.72 Å². The normalized spacial score (nSPS) is 15.6. The van der Waals surface area contributed by atoms with Gasteiger partial charge in [0.05, 0.1) is 20.8 Å². The van der Waals surface area contributed by atoms with E-state index >= 15 is 0 Å². The van der Waals surface area contributed by atoms with Gasteiger partial charge in [-0.15, -0.1) is 0 Å². The number of halogens is 2. The third kappa shape index (κ3) is 4.05. The SMILES string of the molecule is C[C@@H](NS(=O)C(C)(C)C)c1ccc(Cl)c(F)c1. The molecule has 0 aliphatic carbocycles. The van der Waals surface area contributed by atoms with Crippen LogP contribution in [-0.4, -0.2) is 8.96 Å². The molecule has 0 heterocycles. The second-order valence-electron chi connectivity index (χ2n) is 4.89. The zero-order valence-electron chi connectivity index (χ0n) is 10.4. The monoisotopic (exact) mass is 277 g/mol. The van der Waals surface area contributed by atoms with E-state index in [2.05, 4.69) is 4.72 Å². The molecular weight excluding hydrogens is 261 g/mol. The molecule has 0 spiro atoms. The first-order valence-corrected chi connectivity index (χ1v) is 6.87. The summed E-state index contributed by atoms with van der Waals surface area (Å²) in [6.07, 6.45) is 0. The number of hydrogen-bond acceptors (Lipinski definition) is 1. The minimum Gasteiger partial charge on any atom is -0.242 e. The van der Waals surface area contributed by atoms with Gasteiger partial charge in [0.2, 0.25) is 0 Å². The lowest BCUT2D eigenvalue weighted by Crippen LogP contribution is -2.34. The molecular formula is C12H17ClFNOS. The van der Waals surface area contributed by atoms with E-state index in [1.54, 1.807) is 6.07 Å². The Balaban J connectivity index is 2.80. The standard InChI is InChI=1S/C12H17ClFNOS/c1-8(15-17(16)12(2,3)4)9-5-6-10(13)11(14)7-9/h5-8,15H,1-4H3/t8-,17?/m1/s1. The highest BCUT2D eigenvalue weighted by molar-refractivity contribution is 7.84. The van der Waals surface area contributed by atoms with Gasteiger partial charge in [-0.25, -0.2) is 13.3 Å². The third-order valence-electron chi connectivity index (χ3n) is 2.28.